The fourth-order valence-electron chi connectivity index (χ4n) is 5.27. The Balaban J connectivity index is 2.16. The van der Waals surface area contributed by atoms with Gasteiger partial charge in [-0.25, -0.2) is 0 Å². The number of hydrogen-bond acceptors (Lipinski definition) is 1. The van der Waals surface area contributed by atoms with Crippen molar-refractivity contribution in [1.82, 2.24) is 0 Å². The predicted octanol–water partition coefficient (Wildman–Crippen LogP) is 5.75. The summed E-state index contributed by atoms with van der Waals surface area (Å²) in [5.74, 6) is 0.754. The van der Waals surface area contributed by atoms with Crippen LogP contribution in [0.2, 0.25) is 16.7 Å². The molecule has 2 rings (SSSR count). The molecule has 118 valence electrons. The number of fused-ring (bicyclic) bond motifs is 1. The summed E-state index contributed by atoms with van der Waals surface area (Å²) >= 11 is -2.07. The summed E-state index contributed by atoms with van der Waals surface area (Å²) in [5.41, 5.74) is 0. The molecule has 0 bridgehead atoms. The first-order valence-corrected chi connectivity index (χ1v) is 16.8. The third-order valence-electron chi connectivity index (χ3n) is 6.57. The second-order valence-electron chi connectivity index (χ2n) is 7.66. The number of hydrogen-bond donors (Lipinski definition) is 1. The van der Waals surface area contributed by atoms with Gasteiger partial charge in [-0.05, 0) is 0 Å². The maximum absolute atomic E-state index is 10.3. The van der Waals surface area contributed by atoms with Crippen molar-refractivity contribution in [2.75, 3.05) is 0 Å². The molecule has 3 atom stereocenters. The zero-order valence-electron chi connectivity index (χ0n) is 14.1. The molecule has 2 aliphatic rings. The fourth-order valence-corrected chi connectivity index (χ4v) is 27.1. The summed E-state index contributed by atoms with van der Waals surface area (Å²) < 4.78 is 5.66. The Morgan fingerprint density at radius 3 is 1.75 bits per heavy atom. The van der Waals surface area contributed by atoms with Crippen LogP contribution in [-0.2, 0) is 0 Å². The van der Waals surface area contributed by atoms with Crippen LogP contribution in [0.5, 0.6) is 0 Å². The first-order valence-electron chi connectivity index (χ1n) is 9.34. The molecule has 2 aliphatic carbocycles. The molecule has 1 N–H and O–H groups in total. The van der Waals surface area contributed by atoms with Gasteiger partial charge in [-0.1, -0.05) is 0 Å². The third kappa shape index (κ3) is 3.09. The van der Waals surface area contributed by atoms with Gasteiger partial charge in [-0.15, -0.1) is 0 Å². The van der Waals surface area contributed by atoms with Crippen molar-refractivity contribution in [2.45, 2.75) is 101 Å². The summed E-state index contributed by atoms with van der Waals surface area (Å²) in [7, 11) is 0. The quantitative estimate of drug-likeness (QED) is 0.474. The van der Waals surface area contributed by atoms with Gasteiger partial charge in [-0.2, -0.15) is 0 Å². The van der Waals surface area contributed by atoms with Gasteiger partial charge in [-0.3, -0.25) is 0 Å². The summed E-state index contributed by atoms with van der Waals surface area (Å²) in [6, 6.07) is 0. The van der Waals surface area contributed by atoms with E-state index in [4.69, 9.17) is 0 Å². The van der Waals surface area contributed by atoms with Gasteiger partial charge >= 0.3 is 131 Å². The molecular formula is C18H36OSn. The van der Waals surface area contributed by atoms with Crippen LogP contribution in [0.15, 0.2) is 0 Å². The van der Waals surface area contributed by atoms with Crippen molar-refractivity contribution >= 4 is 18.4 Å². The Kier molecular flexibility index (Phi) is 6.29. The van der Waals surface area contributed by atoms with Gasteiger partial charge in [0.25, 0.3) is 0 Å². The minimum atomic E-state index is -2.07. The van der Waals surface area contributed by atoms with Crippen LogP contribution in [0.4, 0.5) is 0 Å². The average Bonchev–Trinajstić information content (AvgIpc) is 3.13. The first-order chi connectivity index (χ1) is 9.65. The molecule has 0 aromatic carbocycles. The topological polar surface area (TPSA) is 20.2 Å². The molecule has 0 unspecified atom stereocenters. The molecule has 1 nitrogen and oxygen atoms in total. The normalized spacial score (nSPS) is 32.4. The fraction of sp³-hybridized carbons (Fsp3) is 1.00. The zero-order chi connectivity index (χ0) is 14.6. The maximum atomic E-state index is 10.3. The van der Waals surface area contributed by atoms with Crippen LogP contribution in [0, 0.1) is 5.92 Å². The average molecular weight is 387 g/mol. The molecule has 0 radical (unpaired) electrons. The van der Waals surface area contributed by atoms with Crippen LogP contribution in [0.25, 0.3) is 0 Å². The Morgan fingerprint density at radius 2 is 1.45 bits per heavy atom. The molecule has 0 heterocycles. The van der Waals surface area contributed by atoms with E-state index in [-0.39, 0.29) is 6.10 Å². The summed E-state index contributed by atoms with van der Waals surface area (Å²) in [5, 5.41) is 10.3. The minimum absolute atomic E-state index is 0.0796. The molecule has 0 aromatic heterocycles. The van der Waals surface area contributed by atoms with Gasteiger partial charge in [0.05, 0.1) is 0 Å². The van der Waals surface area contributed by atoms with Crippen molar-refractivity contribution in [3.8, 4) is 0 Å². The van der Waals surface area contributed by atoms with Gasteiger partial charge in [0, 0.05) is 0 Å². The van der Waals surface area contributed by atoms with Crippen molar-refractivity contribution in [3.63, 3.8) is 0 Å². The van der Waals surface area contributed by atoms with Gasteiger partial charge in [0.2, 0.25) is 0 Å². The zero-order valence-corrected chi connectivity index (χ0v) is 16.9. The number of rotatable bonds is 10. The molecule has 0 aliphatic heterocycles. The van der Waals surface area contributed by atoms with E-state index in [1.807, 2.05) is 0 Å². The second-order valence-corrected chi connectivity index (χ2v) is 22.1. The van der Waals surface area contributed by atoms with E-state index < -0.39 is 18.4 Å². The number of aliphatic hydroxyl groups is 1. The molecule has 0 spiro atoms. The van der Waals surface area contributed by atoms with Crippen molar-refractivity contribution < 1.29 is 5.11 Å². The molecule has 0 saturated heterocycles. The molecule has 2 saturated carbocycles. The standard InChI is InChI=1S/C6H9O.3C4H9.Sn/c7-6-2-1-4-3-5(4)6;3*1-3-4-2;/h5-7H,1-3H2;3*1,3-4H2,2H3;/t5-,6-;;;;/m1..../s1. The first kappa shape index (κ1) is 17.1. The Labute approximate surface area is 130 Å². The second kappa shape index (κ2) is 7.35. The van der Waals surface area contributed by atoms with Crippen molar-refractivity contribution in [1.29, 1.82) is 0 Å². The van der Waals surface area contributed by atoms with Crippen molar-refractivity contribution in [3.05, 3.63) is 0 Å². The third-order valence-corrected chi connectivity index (χ3v) is 26.2. The molecule has 2 heteroatoms. The molecule has 0 amide bonds. The Bertz CT molecular complexity index is 282. The van der Waals surface area contributed by atoms with E-state index in [0.717, 1.165) is 15.8 Å². The van der Waals surface area contributed by atoms with Crippen LogP contribution in [0.1, 0.15) is 78.6 Å². The molecular weight excluding hydrogens is 351 g/mol. The van der Waals surface area contributed by atoms with E-state index in [1.165, 1.54) is 51.4 Å². The van der Waals surface area contributed by atoms with Crippen LogP contribution >= 0.6 is 0 Å². The van der Waals surface area contributed by atoms with Gasteiger partial charge < -0.3 is 0 Å². The van der Waals surface area contributed by atoms with E-state index >= 15 is 0 Å². The predicted molar refractivity (Wildman–Crippen MR) is 90.9 cm³/mol. The number of aliphatic hydroxyl groups excluding tert-OH is 1. The van der Waals surface area contributed by atoms with E-state index in [0.29, 0.717) is 0 Å². The monoisotopic (exact) mass is 388 g/mol. The van der Waals surface area contributed by atoms with E-state index in [1.54, 1.807) is 13.3 Å². The summed E-state index contributed by atoms with van der Waals surface area (Å²) in [6.07, 6.45) is 12.6. The molecule has 2 fully saturated rings. The van der Waals surface area contributed by atoms with Crippen LogP contribution in [-0.4, -0.2) is 29.6 Å². The van der Waals surface area contributed by atoms with Crippen LogP contribution < -0.4 is 0 Å². The summed E-state index contributed by atoms with van der Waals surface area (Å²) in [6.45, 7) is 7.09. The molecule has 20 heavy (non-hydrogen) atoms. The SMILES string of the molecule is CCC[CH2][Sn]([CH2]CCC)([CH2]CCC)[C@@]12CC[C@@H](O)[C@@H]1C2. The van der Waals surface area contributed by atoms with Gasteiger partial charge in [0.1, 0.15) is 0 Å². The Hall–Kier alpha value is 0.759. The van der Waals surface area contributed by atoms with Gasteiger partial charge in [0.15, 0.2) is 0 Å². The van der Waals surface area contributed by atoms with E-state index in [9.17, 15) is 5.11 Å². The summed E-state index contributed by atoms with van der Waals surface area (Å²) in [4.78, 5) is 0. The number of unbranched alkanes of at least 4 members (excludes halogenated alkanes) is 3. The van der Waals surface area contributed by atoms with Crippen LogP contribution in [0.3, 0.4) is 0 Å². The van der Waals surface area contributed by atoms with E-state index in [2.05, 4.69) is 20.8 Å². The van der Waals surface area contributed by atoms with Crippen molar-refractivity contribution in [2.24, 2.45) is 5.92 Å². The Morgan fingerprint density at radius 1 is 0.950 bits per heavy atom. The molecule has 0 aromatic rings.